The summed E-state index contributed by atoms with van der Waals surface area (Å²) in [6, 6.07) is 0. The Morgan fingerprint density at radius 2 is 2.18 bits per heavy atom. The van der Waals surface area contributed by atoms with E-state index in [1.165, 1.54) is 0 Å². The first kappa shape index (κ1) is 8.79. The zero-order chi connectivity index (χ0) is 8.43. The van der Waals surface area contributed by atoms with Gasteiger partial charge in [-0.2, -0.15) is 0 Å². The second-order valence-electron chi connectivity index (χ2n) is 3.94. The van der Waals surface area contributed by atoms with Crippen LogP contribution >= 0.6 is 0 Å². The molecule has 0 spiro atoms. The van der Waals surface area contributed by atoms with Gasteiger partial charge < -0.3 is 5.11 Å². The molecule has 0 saturated heterocycles. The van der Waals surface area contributed by atoms with Crippen molar-refractivity contribution >= 4 is 0 Å². The van der Waals surface area contributed by atoms with Crippen LogP contribution in [0.1, 0.15) is 33.6 Å². The molecule has 0 bridgehead atoms. The highest BCUT2D eigenvalue weighted by Gasteiger charge is 2.21. The van der Waals surface area contributed by atoms with Gasteiger partial charge in [0.2, 0.25) is 0 Å². The van der Waals surface area contributed by atoms with Crippen LogP contribution in [-0.4, -0.2) is 11.2 Å². The molecule has 0 fully saturated rings. The van der Waals surface area contributed by atoms with Crippen molar-refractivity contribution in [1.82, 2.24) is 0 Å². The Bertz CT molecular complexity index is 158. The maximum Gasteiger partial charge on any atom is 0.0750 e. The van der Waals surface area contributed by atoms with Crippen LogP contribution in [0.3, 0.4) is 0 Å². The Labute approximate surface area is 69.1 Å². The van der Waals surface area contributed by atoms with Gasteiger partial charge in [0.05, 0.1) is 6.10 Å². The Kier molecular flexibility index (Phi) is 2.72. The predicted octanol–water partition coefficient (Wildman–Crippen LogP) is 2.36. The lowest BCUT2D eigenvalue weighted by atomic mass is 9.81. The van der Waals surface area contributed by atoms with Gasteiger partial charge in [-0.25, -0.2) is 0 Å². The molecular weight excluding hydrogens is 136 g/mol. The smallest absolute Gasteiger partial charge is 0.0750 e. The minimum Gasteiger partial charge on any atom is -0.389 e. The molecule has 11 heavy (non-hydrogen) atoms. The third-order valence-electron chi connectivity index (χ3n) is 2.74. The van der Waals surface area contributed by atoms with E-state index < -0.39 is 0 Å². The van der Waals surface area contributed by atoms with Gasteiger partial charge in [0.1, 0.15) is 0 Å². The van der Waals surface area contributed by atoms with Crippen molar-refractivity contribution in [1.29, 1.82) is 0 Å². The molecule has 0 saturated carbocycles. The Balaban J connectivity index is 2.55. The fourth-order valence-corrected chi connectivity index (χ4v) is 1.59. The molecule has 0 aromatic heterocycles. The number of hydrogen-bond acceptors (Lipinski definition) is 1. The molecule has 1 nitrogen and oxygen atoms in total. The van der Waals surface area contributed by atoms with Crippen molar-refractivity contribution in [3.05, 3.63) is 11.6 Å². The molecule has 1 rings (SSSR count). The van der Waals surface area contributed by atoms with Gasteiger partial charge in [0, 0.05) is 0 Å². The molecule has 1 heteroatoms. The van der Waals surface area contributed by atoms with Crippen molar-refractivity contribution in [2.75, 3.05) is 0 Å². The van der Waals surface area contributed by atoms with Crippen molar-refractivity contribution in [3.63, 3.8) is 0 Å². The molecule has 2 atom stereocenters. The maximum atomic E-state index is 9.53. The van der Waals surface area contributed by atoms with Crippen LogP contribution in [0.5, 0.6) is 0 Å². The quantitative estimate of drug-likeness (QED) is 0.575. The summed E-state index contributed by atoms with van der Waals surface area (Å²) >= 11 is 0. The SMILES string of the molecule is CC1=CC[C@H](C(C)C)C[C@@H]1O. The summed E-state index contributed by atoms with van der Waals surface area (Å²) < 4.78 is 0. The monoisotopic (exact) mass is 154 g/mol. The van der Waals surface area contributed by atoms with E-state index in [2.05, 4.69) is 19.9 Å². The van der Waals surface area contributed by atoms with Crippen LogP contribution in [0.25, 0.3) is 0 Å². The molecule has 64 valence electrons. The molecule has 0 unspecified atom stereocenters. The topological polar surface area (TPSA) is 20.2 Å². The molecule has 1 aliphatic carbocycles. The first-order valence-corrected chi connectivity index (χ1v) is 4.46. The molecule has 1 aliphatic rings. The van der Waals surface area contributed by atoms with E-state index in [9.17, 15) is 5.11 Å². The van der Waals surface area contributed by atoms with Gasteiger partial charge in [0.25, 0.3) is 0 Å². The van der Waals surface area contributed by atoms with Gasteiger partial charge in [-0.1, -0.05) is 19.9 Å². The molecule has 0 radical (unpaired) electrons. The summed E-state index contributed by atoms with van der Waals surface area (Å²) in [6.45, 7) is 6.47. The third kappa shape index (κ3) is 2.06. The largest absolute Gasteiger partial charge is 0.389 e. The zero-order valence-electron chi connectivity index (χ0n) is 7.67. The zero-order valence-corrected chi connectivity index (χ0v) is 7.67. The molecule has 0 aromatic rings. The van der Waals surface area contributed by atoms with E-state index in [1.54, 1.807) is 0 Å². The second-order valence-corrected chi connectivity index (χ2v) is 3.94. The van der Waals surface area contributed by atoms with Crippen LogP contribution in [-0.2, 0) is 0 Å². The van der Waals surface area contributed by atoms with E-state index in [0.717, 1.165) is 18.4 Å². The molecule has 0 heterocycles. The number of allylic oxidation sites excluding steroid dienone is 1. The van der Waals surface area contributed by atoms with Crippen LogP contribution in [0.2, 0.25) is 0 Å². The van der Waals surface area contributed by atoms with Gasteiger partial charge in [-0.05, 0) is 37.2 Å². The molecule has 1 N–H and O–H groups in total. The van der Waals surface area contributed by atoms with Gasteiger partial charge in [-0.3, -0.25) is 0 Å². The lowest BCUT2D eigenvalue weighted by molar-refractivity contribution is 0.149. The van der Waals surface area contributed by atoms with E-state index in [-0.39, 0.29) is 6.10 Å². The van der Waals surface area contributed by atoms with Crippen LogP contribution in [0, 0.1) is 11.8 Å². The summed E-state index contributed by atoms with van der Waals surface area (Å²) in [5, 5.41) is 9.53. The van der Waals surface area contributed by atoms with Gasteiger partial charge in [0.15, 0.2) is 0 Å². The van der Waals surface area contributed by atoms with Gasteiger partial charge in [-0.15, -0.1) is 0 Å². The minimum absolute atomic E-state index is 0.170. The van der Waals surface area contributed by atoms with E-state index in [1.807, 2.05) is 6.92 Å². The first-order valence-electron chi connectivity index (χ1n) is 4.46. The van der Waals surface area contributed by atoms with Crippen molar-refractivity contribution in [2.24, 2.45) is 11.8 Å². The number of aliphatic hydroxyl groups excluding tert-OH is 1. The Morgan fingerprint density at radius 1 is 1.55 bits per heavy atom. The summed E-state index contributed by atoms with van der Waals surface area (Å²) in [6.07, 6.45) is 4.12. The fraction of sp³-hybridized carbons (Fsp3) is 0.800. The normalized spacial score (nSPS) is 32.3. The van der Waals surface area contributed by atoms with Crippen LogP contribution < -0.4 is 0 Å². The lowest BCUT2D eigenvalue weighted by Gasteiger charge is -2.27. The average Bonchev–Trinajstić information content (AvgIpc) is 1.94. The average molecular weight is 154 g/mol. The second kappa shape index (κ2) is 3.40. The molecular formula is C10H18O. The number of hydrogen-bond donors (Lipinski definition) is 1. The van der Waals surface area contributed by atoms with E-state index in [0.29, 0.717) is 11.8 Å². The Morgan fingerprint density at radius 3 is 2.64 bits per heavy atom. The number of aliphatic hydroxyl groups is 1. The predicted molar refractivity (Wildman–Crippen MR) is 47.3 cm³/mol. The third-order valence-corrected chi connectivity index (χ3v) is 2.74. The van der Waals surface area contributed by atoms with E-state index in [4.69, 9.17) is 0 Å². The maximum absolute atomic E-state index is 9.53. The summed E-state index contributed by atoms with van der Waals surface area (Å²) in [5.41, 5.74) is 1.15. The van der Waals surface area contributed by atoms with Crippen molar-refractivity contribution < 1.29 is 5.11 Å². The highest BCUT2D eigenvalue weighted by molar-refractivity contribution is 5.09. The highest BCUT2D eigenvalue weighted by atomic mass is 16.3. The summed E-state index contributed by atoms with van der Waals surface area (Å²) in [5.74, 6) is 1.39. The Hall–Kier alpha value is -0.300. The minimum atomic E-state index is -0.170. The molecule has 0 aliphatic heterocycles. The molecule has 0 amide bonds. The fourth-order valence-electron chi connectivity index (χ4n) is 1.59. The van der Waals surface area contributed by atoms with Crippen LogP contribution in [0.15, 0.2) is 11.6 Å². The van der Waals surface area contributed by atoms with Crippen molar-refractivity contribution in [3.8, 4) is 0 Å². The van der Waals surface area contributed by atoms with E-state index >= 15 is 0 Å². The standard InChI is InChI=1S/C10H18O/c1-7(2)9-5-4-8(3)10(11)6-9/h4,7,9-11H,5-6H2,1-3H3/t9-,10-/m0/s1. The van der Waals surface area contributed by atoms with Crippen LogP contribution in [0.4, 0.5) is 0 Å². The highest BCUT2D eigenvalue weighted by Crippen LogP contribution is 2.28. The van der Waals surface area contributed by atoms with Gasteiger partial charge >= 0.3 is 0 Å². The van der Waals surface area contributed by atoms with Crippen molar-refractivity contribution in [2.45, 2.75) is 39.7 Å². The lowest BCUT2D eigenvalue weighted by Crippen LogP contribution is -2.22. The first-order chi connectivity index (χ1) is 5.11. The summed E-state index contributed by atoms with van der Waals surface area (Å²) in [7, 11) is 0. The molecule has 0 aromatic carbocycles. The summed E-state index contributed by atoms with van der Waals surface area (Å²) in [4.78, 5) is 0. The number of rotatable bonds is 1.